The standard InChI is InChI=1S/C17H22N4O2/c1-3-12-13(8-18)15(20-19-14(12)4-2)21-9-11-6-5-7-17(11,10-21)16(22)23/h11H,3-7,9-10H2,1-2H3,(H,22,23)/t11-,17+/m0/s1. The van der Waals surface area contributed by atoms with Crippen LogP contribution in [0.3, 0.4) is 0 Å². The van der Waals surface area contributed by atoms with Gasteiger partial charge < -0.3 is 10.0 Å². The van der Waals surface area contributed by atoms with Gasteiger partial charge in [-0.25, -0.2) is 0 Å². The van der Waals surface area contributed by atoms with Gasteiger partial charge in [-0.15, -0.1) is 5.10 Å². The number of hydrogen-bond acceptors (Lipinski definition) is 5. The minimum Gasteiger partial charge on any atom is -0.481 e. The molecule has 2 heterocycles. The van der Waals surface area contributed by atoms with E-state index in [1.807, 2.05) is 18.7 Å². The molecule has 0 bridgehead atoms. The molecule has 2 atom stereocenters. The van der Waals surface area contributed by atoms with Crippen LogP contribution in [-0.2, 0) is 17.6 Å². The van der Waals surface area contributed by atoms with Gasteiger partial charge in [0, 0.05) is 13.1 Å². The number of carboxylic acid groups (broad SMARTS) is 1. The number of rotatable bonds is 4. The normalized spacial score (nSPS) is 26.1. The molecule has 6 heteroatoms. The summed E-state index contributed by atoms with van der Waals surface area (Å²) in [5.41, 5.74) is 1.70. The van der Waals surface area contributed by atoms with Crippen LogP contribution in [0.1, 0.15) is 49.9 Å². The Morgan fingerprint density at radius 1 is 1.43 bits per heavy atom. The van der Waals surface area contributed by atoms with Crippen LogP contribution in [0, 0.1) is 22.7 Å². The van der Waals surface area contributed by atoms with Crippen molar-refractivity contribution in [3.8, 4) is 6.07 Å². The van der Waals surface area contributed by atoms with Crippen molar-refractivity contribution in [2.45, 2.75) is 46.0 Å². The second-order valence-electron chi connectivity index (χ2n) is 6.57. The van der Waals surface area contributed by atoms with Gasteiger partial charge in [-0.3, -0.25) is 4.79 Å². The zero-order valence-electron chi connectivity index (χ0n) is 13.7. The molecule has 0 unspecified atom stereocenters. The molecule has 0 spiro atoms. The summed E-state index contributed by atoms with van der Waals surface area (Å²) in [5.74, 6) is -0.00398. The van der Waals surface area contributed by atoms with Gasteiger partial charge >= 0.3 is 5.97 Å². The van der Waals surface area contributed by atoms with Crippen molar-refractivity contribution >= 4 is 11.8 Å². The molecule has 1 N–H and O–H groups in total. The highest BCUT2D eigenvalue weighted by Crippen LogP contribution is 2.50. The molecule has 3 rings (SSSR count). The maximum absolute atomic E-state index is 11.8. The molecule has 1 saturated carbocycles. The first-order valence-corrected chi connectivity index (χ1v) is 8.34. The van der Waals surface area contributed by atoms with Gasteiger partial charge in [0.1, 0.15) is 11.6 Å². The summed E-state index contributed by atoms with van der Waals surface area (Å²) >= 11 is 0. The molecule has 6 nitrogen and oxygen atoms in total. The quantitative estimate of drug-likeness (QED) is 0.916. The van der Waals surface area contributed by atoms with Crippen LogP contribution in [0.15, 0.2) is 0 Å². The van der Waals surface area contributed by atoms with Crippen molar-refractivity contribution in [3.63, 3.8) is 0 Å². The smallest absolute Gasteiger partial charge is 0.311 e. The van der Waals surface area contributed by atoms with E-state index in [4.69, 9.17) is 0 Å². The highest BCUT2D eigenvalue weighted by atomic mass is 16.4. The third kappa shape index (κ3) is 2.26. The molecule has 1 aliphatic heterocycles. The fraction of sp³-hybridized carbons (Fsp3) is 0.647. The maximum Gasteiger partial charge on any atom is 0.311 e. The lowest BCUT2D eigenvalue weighted by atomic mass is 9.81. The summed E-state index contributed by atoms with van der Waals surface area (Å²) in [6.45, 7) is 5.11. The maximum atomic E-state index is 11.8. The molecule has 1 aromatic rings. The fourth-order valence-electron chi connectivity index (χ4n) is 4.30. The van der Waals surface area contributed by atoms with Crippen molar-refractivity contribution in [3.05, 3.63) is 16.8 Å². The largest absolute Gasteiger partial charge is 0.481 e. The van der Waals surface area contributed by atoms with E-state index in [1.54, 1.807) is 0 Å². The van der Waals surface area contributed by atoms with Crippen LogP contribution in [0.4, 0.5) is 5.82 Å². The van der Waals surface area contributed by atoms with Crippen molar-refractivity contribution in [2.24, 2.45) is 11.3 Å². The minimum absolute atomic E-state index is 0.143. The number of aryl methyl sites for hydroxylation is 1. The summed E-state index contributed by atoms with van der Waals surface area (Å²) in [6, 6.07) is 2.28. The van der Waals surface area contributed by atoms with Crippen molar-refractivity contribution in [2.75, 3.05) is 18.0 Å². The summed E-state index contributed by atoms with van der Waals surface area (Å²) in [5, 5.41) is 27.9. The number of nitrogens with zero attached hydrogens (tertiary/aromatic N) is 4. The van der Waals surface area contributed by atoms with E-state index in [2.05, 4.69) is 16.3 Å². The molecule has 2 fully saturated rings. The lowest BCUT2D eigenvalue weighted by Gasteiger charge is -2.24. The zero-order valence-corrected chi connectivity index (χ0v) is 13.7. The van der Waals surface area contributed by atoms with Crippen molar-refractivity contribution in [1.82, 2.24) is 10.2 Å². The Kier molecular flexibility index (Phi) is 3.97. The van der Waals surface area contributed by atoms with E-state index in [-0.39, 0.29) is 5.92 Å². The second kappa shape index (κ2) is 5.80. The highest BCUT2D eigenvalue weighted by molar-refractivity contribution is 5.78. The first kappa shape index (κ1) is 15.7. The van der Waals surface area contributed by atoms with Crippen LogP contribution in [0.5, 0.6) is 0 Å². The Hall–Kier alpha value is -2.16. The predicted molar refractivity (Wildman–Crippen MR) is 85.1 cm³/mol. The lowest BCUT2D eigenvalue weighted by molar-refractivity contribution is -0.149. The molecule has 1 saturated heterocycles. The van der Waals surface area contributed by atoms with Crippen molar-refractivity contribution < 1.29 is 9.90 Å². The molecule has 2 aliphatic rings. The first-order valence-electron chi connectivity index (χ1n) is 8.34. The van der Waals surface area contributed by atoms with Crippen LogP contribution < -0.4 is 4.90 Å². The van der Waals surface area contributed by atoms with Gasteiger partial charge in [-0.05, 0) is 37.2 Å². The van der Waals surface area contributed by atoms with Crippen LogP contribution in [0.2, 0.25) is 0 Å². The van der Waals surface area contributed by atoms with E-state index >= 15 is 0 Å². The lowest BCUT2D eigenvalue weighted by Crippen LogP contribution is -2.36. The van der Waals surface area contributed by atoms with Gasteiger partial charge in [0.2, 0.25) is 0 Å². The van der Waals surface area contributed by atoms with Gasteiger partial charge in [-0.1, -0.05) is 20.3 Å². The Morgan fingerprint density at radius 3 is 2.78 bits per heavy atom. The third-order valence-corrected chi connectivity index (χ3v) is 5.54. The highest BCUT2D eigenvalue weighted by Gasteiger charge is 2.55. The summed E-state index contributed by atoms with van der Waals surface area (Å²) in [6.07, 6.45) is 4.09. The number of anilines is 1. The Balaban J connectivity index is 2.01. The van der Waals surface area contributed by atoms with Gasteiger partial charge in [0.25, 0.3) is 0 Å². The number of carboxylic acids is 1. The first-order chi connectivity index (χ1) is 11.1. The van der Waals surface area contributed by atoms with E-state index in [9.17, 15) is 15.2 Å². The number of carbonyl (C=O) groups is 1. The van der Waals surface area contributed by atoms with Gasteiger partial charge in [0.15, 0.2) is 5.82 Å². The topological polar surface area (TPSA) is 90.1 Å². The summed E-state index contributed by atoms with van der Waals surface area (Å²) < 4.78 is 0. The Labute approximate surface area is 136 Å². The zero-order chi connectivity index (χ0) is 16.6. The van der Waals surface area contributed by atoms with E-state index in [1.165, 1.54) is 0 Å². The Morgan fingerprint density at radius 2 is 2.22 bits per heavy atom. The van der Waals surface area contributed by atoms with Crippen LogP contribution in [0.25, 0.3) is 0 Å². The van der Waals surface area contributed by atoms with Gasteiger partial charge in [0.05, 0.1) is 11.1 Å². The second-order valence-corrected chi connectivity index (χ2v) is 6.57. The SMILES string of the molecule is CCc1nnc(N2C[C@@H]3CCC[C@@]3(C(=O)O)C2)c(C#N)c1CC. The number of hydrogen-bond donors (Lipinski definition) is 1. The number of aliphatic carboxylic acids is 1. The fourth-order valence-corrected chi connectivity index (χ4v) is 4.30. The molecule has 122 valence electrons. The molecule has 0 amide bonds. The molecule has 23 heavy (non-hydrogen) atoms. The number of fused-ring (bicyclic) bond motifs is 1. The molecular weight excluding hydrogens is 292 g/mol. The van der Waals surface area contributed by atoms with Crippen molar-refractivity contribution in [1.29, 1.82) is 5.26 Å². The van der Waals surface area contributed by atoms with E-state index in [0.717, 1.165) is 36.9 Å². The van der Waals surface area contributed by atoms with E-state index < -0.39 is 11.4 Å². The Bertz CT molecular complexity index is 682. The molecule has 0 aromatic carbocycles. The average molecular weight is 314 g/mol. The van der Waals surface area contributed by atoms with E-state index in [0.29, 0.717) is 30.9 Å². The van der Waals surface area contributed by atoms with Crippen LogP contribution in [-0.4, -0.2) is 34.4 Å². The average Bonchev–Trinajstić information content (AvgIpc) is 3.11. The summed E-state index contributed by atoms with van der Waals surface area (Å²) in [4.78, 5) is 13.8. The summed E-state index contributed by atoms with van der Waals surface area (Å²) in [7, 11) is 0. The molecule has 0 radical (unpaired) electrons. The number of nitriles is 1. The number of aromatic nitrogens is 2. The molecular formula is C17H22N4O2. The molecule has 1 aromatic heterocycles. The monoisotopic (exact) mass is 314 g/mol. The van der Waals surface area contributed by atoms with Crippen LogP contribution >= 0.6 is 0 Å². The van der Waals surface area contributed by atoms with Gasteiger partial charge in [-0.2, -0.15) is 10.4 Å². The third-order valence-electron chi connectivity index (χ3n) is 5.54. The minimum atomic E-state index is -0.713. The molecule has 1 aliphatic carbocycles. The predicted octanol–water partition coefficient (Wildman–Crippen LogP) is 2.16.